The SMILES string of the molecule is COc1ccccc1-c1nc(C(=O)N2CCN(CC(=O)Nc3c(C)cccc3C)CC2)cs1. The summed E-state index contributed by atoms with van der Waals surface area (Å²) < 4.78 is 5.41. The van der Waals surface area contributed by atoms with Crippen LogP contribution in [0.25, 0.3) is 10.6 Å². The quantitative estimate of drug-likeness (QED) is 0.600. The molecule has 33 heavy (non-hydrogen) atoms. The first kappa shape index (κ1) is 22.9. The minimum Gasteiger partial charge on any atom is -0.496 e. The molecule has 0 aliphatic carbocycles. The van der Waals surface area contributed by atoms with Gasteiger partial charge in [-0.05, 0) is 37.1 Å². The number of ether oxygens (including phenoxy) is 1. The van der Waals surface area contributed by atoms with Gasteiger partial charge in [0, 0.05) is 37.2 Å². The third-order valence-electron chi connectivity index (χ3n) is 5.83. The van der Waals surface area contributed by atoms with E-state index in [1.165, 1.54) is 11.3 Å². The maximum absolute atomic E-state index is 13.0. The van der Waals surface area contributed by atoms with Crippen LogP contribution in [-0.4, -0.2) is 66.4 Å². The summed E-state index contributed by atoms with van der Waals surface area (Å²) >= 11 is 1.43. The van der Waals surface area contributed by atoms with Crippen LogP contribution in [0.3, 0.4) is 0 Å². The molecule has 1 fully saturated rings. The molecule has 0 radical (unpaired) electrons. The Morgan fingerprint density at radius 3 is 2.42 bits per heavy atom. The maximum atomic E-state index is 13.0. The number of para-hydroxylation sites is 2. The monoisotopic (exact) mass is 464 g/mol. The van der Waals surface area contributed by atoms with E-state index in [4.69, 9.17) is 4.74 Å². The highest BCUT2D eigenvalue weighted by Crippen LogP contribution is 2.32. The van der Waals surface area contributed by atoms with Crippen LogP contribution in [0.2, 0.25) is 0 Å². The highest BCUT2D eigenvalue weighted by molar-refractivity contribution is 7.13. The van der Waals surface area contributed by atoms with Crippen molar-refractivity contribution in [3.05, 3.63) is 64.7 Å². The van der Waals surface area contributed by atoms with Crippen molar-refractivity contribution in [3.63, 3.8) is 0 Å². The second-order valence-corrected chi connectivity index (χ2v) is 8.98. The van der Waals surface area contributed by atoms with Crippen LogP contribution >= 0.6 is 11.3 Å². The van der Waals surface area contributed by atoms with Gasteiger partial charge in [-0.2, -0.15) is 0 Å². The van der Waals surface area contributed by atoms with Crippen molar-refractivity contribution in [2.45, 2.75) is 13.8 Å². The van der Waals surface area contributed by atoms with Crippen molar-refractivity contribution in [1.82, 2.24) is 14.8 Å². The lowest BCUT2D eigenvalue weighted by Gasteiger charge is -2.34. The zero-order valence-corrected chi connectivity index (χ0v) is 19.9. The summed E-state index contributed by atoms with van der Waals surface area (Å²) in [6, 6.07) is 13.6. The number of carbonyl (C=O) groups excluding carboxylic acids is 2. The first-order chi connectivity index (χ1) is 16.0. The zero-order chi connectivity index (χ0) is 23.4. The van der Waals surface area contributed by atoms with Crippen LogP contribution in [0.4, 0.5) is 5.69 Å². The second-order valence-electron chi connectivity index (χ2n) is 8.12. The molecule has 1 aliphatic rings. The zero-order valence-electron chi connectivity index (χ0n) is 19.1. The molecule has 8 heteroatoms. The summed E-state index contributed by atoms with van der Waals surface area (Å²) in [6.45, 7) is 6.72. The van der Waals surface area contributed by atoms with Crippen molar-refractivity contribution >= 4 is 28.8 Å². The van der Waals surface area contributed by atoms with Crippen LogP contribution in [0.1, 0.15) is 21.6 Å². The number of hydrogen-bond donors (Lipinski definition) is 1. The van der Waals surface area contributed by atoms with Gasteiger partial charge in [0.1, 0.15) is 16.5 Å². The minimum atomic E-state index is -0.0768. The van der Waals surface area contributed by atoms with Crippen LogP contribution < -0.4 is 10.1 Å². The number of methoxy groups -OCH3 is 1. The van der Waals surface area contributed by atoms with E-state index in [1.807, 2.05) is 56.3 Å². The summed E-state index contributed by atoms with van der Waals surface area (Å²) in [5.41, 5.74) is 4.31. The van der Waals surface area contributed by atoms with Gasteiger partial charge in [-0.15, -0.1) is 11.3 Å². The Hall–Kier alpha value is -3.23. The number of aromatic nitrogens is 1. The van der Waals surface area contributed by atoms with Crippen LogP contribution in [0.15, 0.2) is 47.8 Å². The van der Waals surface area contributed by atoms with Gasteiger partial charge < -0.3 is 15.0 Å². The number of rotatable bonds is 6. The average Bonchev–Trinajstić information content (AvgIpc) is 3.32. The van der Waals surface area contributed by atoms with Crippen molar-refractivity contribution < 1.29 is 14.3 Å². The van der Waals surface area contributed by atoms with Crippen molar-refractivity contribution in [3.8, 4) is 16.3 Å². The van der Waals surface area contributed by atoms with Gasteiger partial charge in [0.15, 0.2) is 0 Å². The molecular formula is C25H28N4O3S. The summed E-state index contributed by atoms with van der Waals surface area (Å²) in [5, 5.41) is 5.59. The first-order valence-electron chi connectivity index (χ1n) is 10.9. The number of anilines is 1. The number of benzene rings is 2. The summed E-state index contributed by atoms with van der Waals surface area (Å²) in [5.74, 6) is 0.624. The Morgan fingerprint density at radius 1 is 1.03 bits per heavy atom. The number of thiazole rings is 1. The number of amides is 2. The molecule has 1 N–H and O–H groups in total. The van der Waals surface area contributed by atoms with E-state index < -0.39 is 0 Å². The third kappa shape index (κ3) is 5.23. The molecular weight excluding hydrogens is 436 g/mol. The van der Waals surface area contributed by atoms with Crippen molar-refractivity contribution in [2.75, 3.05) is 45.2 Å². The predicted molar refractivity (Wildman–Crippen MR) is 131 cm³/mol. The smallest absolute Gasteiger partial charge is 0.273 e. The molecule has 1 saturated heterocycles. The highest BCUT2D eigenvalue weighted by atomic mass is 32.1. The van der Waals surface area contributed by atoms with E-state index in [1.54, 1.807) is 17.4 Å². The molecule has 2 aromatic carbocycles. The predicted octanol–water partition coefficient (Wildman–Crippen LogP) is 3.83. The van der Waals surface area contributed by atoms with Gasteiger partial charge in [-0.1, -0.05) is 30.3 Å². The highest BCUT2D eigenvalue weighted by Gasteiger charge is 2.25. The lowest BCUT2D eigenvalue weighted by molar-refractivity contribution is -0.117. The Morgan fingerprint density at radius 2 is 1.73 bits per heavy atom. The fraction of sp³-hybridized carbons (Fsp3) is 0.320. The van der Waals surface area contributed by atoms with E-state index in [0.29, 0.717) is 38.4 Å². The Balaban J connectivity index is 1.32. The molecule has 0 bridgehead atoms. The molecule has 0 spiro atoms. The van der Waals surface area contributed by atoms with E-state index in [9.17, 15) is 9.59 Å². The van der Waals surface area contributed by atoms with Crippen molar-refractivity contribution in [1.29, 1.82) is 0 Å². The fourth-order valence-electron chi connectivity index (χ4n) is 3.98. The molecule has 1 aromatic heterocycles. The molecule has 0 unspecified atom stereocenters. The van der Waals surface area contributed by atoms with Crippen LogP contribution in [0, 0.1) is 13.8 Å². The van der Waals surface area contributed by atoms with E-state index in [2.05, 4.69) is 15.2 Å². The molecule has 3 aromatic rings. The fourth-order valence-corrected chi connectivity index (χ4v) is 4.81. The van der Waals surface area contributed by atoms with Gasteiger partial charge in [-0.3, -0.25) is 14.5 Å². The Kier molecular flexibility index (Phi) is 7.05. The number of nitrogens with one attached hydrogen (secondary N) is 1. The molecule has 0 saturated carbocycles. The van der Waals surface area contributed by atoms with Crippen molar-refractivity contribution in [2.24, 2.45) is 0 Å². The second kappa shape index (κ2) is 10.1. The molecule has 4 rings (SSSR count). The van der Waals surface area contributed by atoms with Crippen LogP contribution in [-0.2, 0) is 4.79 Å². The molecule has 2 amide bonds. The van der Waals surface area contributed by atoms with E-state index >= 15 is 0 Å². The number of piperazine rings is 1. The number of hydrogen-bond acceptors (Lipinski definition) is 6. The lowest BCUT2D eigenvalue weighted by Crippen LogP contribution is -2.50. The normalized spacial score (nSPS) is 14.2. The average molecular weight is 465 g/mol. The summed E-state index contributed by atoms with van der Waals surface area (Å²) in [6.07, 6.45) is 0. The molecule has 172 valence electrons. The number of aryl methyl sites for hydroxylation is 2. The summed E-state index contributed by atoms with van der Waals surface area (Å²) in [4.78, 5) is 34.0. The van der Waals surface area contributed by atoms with Crippen LogP contribution in [0.5, 0.6) is 5.75 Å². The topological polar surface area (TPSA) is 74.8 Å². The third-order valence-corrected chi connectivity index (χ3v) is 6.71. The first-order valence-corrected chi connectivity index (χ1v) is 11.8. The Bertz CT molecular complexity index is 1130. The minimum absolute atomic E-state index is 0.0341. The molecule has 1 aliphatic heterocycles. The number of carbonyl (C=O) groups is 2. The van der Waals surface area contributed by atoms with Gasteiger partial charge in [0.05, 0.1) is 19.2 Å². The van der Waals surface area contributed by atoms with Gasteiger partial charge in [0.25, 0.3) is 5.91 Å². The largest absolute Gasteiger partial charge is 0.496 e. The molecule has 7 nitrogen and oxygen atoms in total. The van der Waals surface area contributed by atoms with Gasteiger partial charge in [0.2, 0.25) is 5.91 Å². The molecule has 0 atom stereocenters. The van der Waals surface area contributed by atoms with Gasteiger partial charge in [-0.25, -0.2) is 4.98 Å². The maximum Gasteiger partial charge on any atom is 0.273 e. The summed E-state index contributed by atoms with van der Waals surface area (Å²) in [7, 11) is 1.63. The van der Waals surface area contributed by atoms with E-state index in [0.717, 1.165) is 33.1 Å². The molecule has 2 heterocycles. The Labute approximate surface area is 198 Å². The van der Waals surface area contributed by atoms with E-state index in [-0.39, 0.29) is 11.8 Å². The standard InChI is InChI=1S/C25H28N4O3S/c1-17-7-6-8-18(2)23(17)27-22(30)15-28-11-13-29(14-12-28)25(31)20-16-33-24(26-20)19-9-4-5-10-21(19)32-3/h4-10,16H,11-15H2,1-3H3,(H,27,30). The number of nitrogens with zero attached hydrogens (tertiary/aromatic N) is 3. The van der Waals surface area contributed by atoms with Gasteiger partial charge >= 0.3 is 0 Å². The lowest BCUT2D eigenvalue weighted by atomic mass is 10.1.